The van der Waals surface area contributed by atoms with Gasteiger partial charge in [0, 0.05) is 17.9 Å². The number of carbonyl (C=O) groups excluding carboxylic acids is 2. The van der Waals surface area contributed by atoms with Crippen LogP contribution in [0.4, 0.5) is 4.79 Å². The van der Waals surface area contributed by atoms with Crippen LogP contribution in [0.25, 0.3) is 11.1 Å². The Bertz CT molecular complexity index is 1130. The van der Waals surface area contributed by atoms with Gasteiger partial charge in [0.05, 0.1) is 0 Å². The van der Waals surface area contributed by atoms with Gasteiger partial charge in [0.1, 0.15) is 12.1 Å². The lowest BCUT2D eigenvalue weighted by molar-refractivity contribution is -0.143. The molecule has 0 bridgehead atoms. The van der Waals surface area contributed by atoms with E-state index in [9.17, 15) is 19.5 Å². The van der Waals surface area contributed by atoms with E-state index < -0.39 is 17.6 Å². The van der Waals surface area contributed by atoms with Gasteiger partial charge in [-0.2, -0.15) is 0 Å². The Hall–Kier alpha value is -3.35. The number of hydrogen-bond acceptors (Lipinski definition) is 4. The Balaban J connectivity index is 1.03. The van der Waals surface area contributed by atoms with Crippen molar-refractivity contribution in [2.24, 2.45) is 17.8 Å². The molecule has 4 aliphatic carbocycles. The van der Waals surface area contributed by atoms with E-state index in [2.05, 4.69) is 34.9 Å². The molecular formula is C27H28N2O5. The van der Waals surface area contributed by atoms with E-state index in [1.165, 1.54) is 22.3 Å². The van der Waals surface area contributed by atoms with Crippen molar-refractivity contribution in [3.05, 3.63) is 59.7 Å². The second-order valence-electron chi connectivity index (χ2n) is 10.3. The highest BCUT2D eigenvalue weighted by atomic mass is 16.5. The Kier molecular flexibility index (Phi) is 4.90. The normalized spacial score (nSPS) is 27.5. The zero-order chi connectivity index (χ0) is 23.4. The average Bonchev–Trinajstić information content (AvgIpc) is 3.43. The minimum absolute atomic E-state index is 0.00723. The van der Waals surface area contributed by atoms with E-state index in [0.717, 1.165) is 12.8 Å². The van der Waals surface area contributed by atoms with Crippen LogP contribution < -0.4 is 10.6 Å². The second-order valence-corrected chi connectivity index (χ2v) is 10.3. The number of fused-ring (bicyclic) bond motifs is 4. The highest BCUT2D eigenvalue weighted by molar-refractivity contribution is 5.90. The highest BCUT2D eigenvalue weighted by Crippen LogP contribution is 2.50. The number of hydrogen-bond donors (Lipinski definition) is 3. The molecule has 2 aromatic carbocycles. The summed E-state index contributed by atoms with van der Waals surface area (Å²) in [6.07, 6.45) is 2.86. The number of carbonyl (C=O) groups is 3. The predicted molar refractivity (Wildman–Crippen MR) is 124 cm³/mol. The summed E-state index contributed by atoms with van der Waals surface area (Å²) in [5.41, 5.74) is 3.71. The summed E-state index contributed by atoms with van der Waals surface area (Å²) in [5, 5.41) is 15.1. The third-order valence-electron chi connectivity index (χ3n) is 8.36. The predicted octanol–water partition coefficient (Wildman–Crippen LogP) is 3.67. The van der Waals surface area contributed by atoms with Crippen LogP contribution in [0, 0.1) is 17.8 Å². The van der Waals surface area contributed by atoms with Gasteiger partial charge in [-0.3, -0.25) is 4.79 Å². The maximum atomic E-state index is 12.6. The molecule has 4 atom stereocenters. The Labute approximate surface area is 197 Å². The molecule has 7 heteroatoms. The SMILES string of the molecule is O=C(N[C@@H]1C[C@@H]2CC(C(=O)NC3(C(=O)O)CC3)C[C@@H]21)OCC1c2ccccc2-c2ccccc21. The topological polar surface area (TPSA) is 105 Å². The van der Waals surface area contributed by atoms with Crippen LogP contribution in [-0.2, 0) is 14.3 Å². The monoisotopic (exact) mass is 460 g/mol. The van der Waals surface area contributed by atoms with E-state index in [4.69, 9.17) is 4.74 Å². The van der Waals surface area contributed by atoms with Crippen LogP contribution in [0.3, 0.4) is 0 Å². The molecule has 0 aliphatic heterocycles. The molecule has 2 amide bonds. The quantitative estimate of drug-likeness (QED) is 0.610. The van der Waals surface area contributed by atoms with Crippen molar-refractivity contribution in [3.63, 3.8) is 0 Å². The maximum Gasteiger partial charge on any atom is 0.407 e. The van der Waals surface area contributed by atoms with Crippen molar-refractivity contribution in [3.8, 4) is 11.1 Å². The summed E-state index contributed by atoms with van der Waals surface area (Å²) in [6.45, 7) is 0.281. The molecule has 7 nitrogen and oxygen atoms in total. The number of alkyl carbamates (subject to hydrolysis) is 1. The van der Waals surface area contributed by atoms with Gasteiger partial charge >= 0.3 is 12.1 Å². The van der Waals surface area contributed by atoms with Crippen LogP contribution in [0.2, 0.25) is 0 Å². The smallest absolute Gasteiger partial charge is 0.407 e. The summed E-state index contributed by atoms with van der Waals surface area (Å²) in [6, 6.07) is 16.5. The molecule has 34 heavy (non-hydrogen) atoms. The van der Waals surface area contributed by atoms with Crippen molar-refractivity contribution in [1.82, 2.24) is 10.6 Å². The van der Waals surface area contributed by atoms with Gasteiger partial charge in [-0.25, -0.2) is 9.59 Å². The molecule has 0 aromatic heterocycles. The van der Waals surface area contributed by atoms with E-state index in [0.29, 0.717) is 25.2 Å². The Morgan fingerprint density at radius 1 is 0.941 bits per heavy atom. The van der Waals surface area contributed by atoms with Crippen molar-refractivity contribution < 1.29 is 24.2 Å². The number of aliphatic carboxylic acids is 1. The minimum atomic E-state index is -1.04. The summed E-state index contributed by atoms with van der Waals surface area (Å²) < 4.78 is 5.67. The standard InChI is InChI=1S/C27H28N2O5/c30-24(29-27(9-10-27)25(31)32)16-11-15-13-23(21(15)12-16)28-26(33)34-14-22-19-7-3-1-5-17(19)18-6-2-4-8-20(18)22/h1-8,15-16,21-23H,9-14H2,(H,28,33)(H,29,30)(H,31,32)/t15-,16?,21-,23+/m0/s1. The molecule has 6 rings (SSSR count). The molecule has 4 aliphatic rings. The van der Waals surface area contributed by atoms with E-state index >= 15 is 0 Å². The van der Waals surface area contributed by atoms with Gasteiger partial charge in [0.15, 0.2) is 0 Å². The van der Waals surface area contributed by atoms with Gasteiger partial charge in [-0.1, -0.05) is 48.5 Å². The van der Waals surface area contributed by atoms with E-state index in [1.54, 1.807) is 0 Å². The minimum Gasteiger partial charge on any atom is -0.480 e. The van der Waals surface area contributed by atoms with Crippen LogP contribution in [-0.4, -0.2) is 41.3 Å². The maximum absolute atomic E-state index is 12.6. The Morgan fingerprint density at radius 2 is 1.59 bits per heavy atom. The average molecular weight is 461 g/mol. The third kappa shape index (κ3) is 3.45. The first-order valence-corrected chi connectivity index (χ1v) is 12.1. The highest BCUT2D eigenvalue weighted by Gasteiger charge is 2.55. The van der Waals surface area contributed by atoms with Gasteiger partial charge in [0.2, 0.25) is 5.91 Å². The summed E-state index contributed by atoms with van der Waals surface area (Å²) >= 11 is 0. The fraction of sp³-hybridized carbons (Fsp3) is 0.444. The van der Waals surface area contributed by atoms with Crippen molar-refractivity contribution in [2.75, 3.05) is 6.61 Å². The first-order valence-electron chi connectivity index (χ1n) is 12.1. The number of nitrogens with one attached hydrogen (secondary N) is 2. The summed E-state index contributed by atoms with van der Waals surface area (Å²) in [5.74, 6) is -0.617. The molecule has 0 spiro atoms. The molecule has 3 fully saturated rings. The Morgan fingerprint density at radius 3 is 2.21 bits per heavy atom. The van der Waals surface area contributed by atoms with E-state index in [-0.39, 0.29) is 36.3 Å². The van der Waals surface area contributed by atoms with Gasteiger partial charge < -0.3 is 20.5 Å². The van der Waals surface area contributed by atoms with Gasteiger partial charge in [-0.15, -0.1) is 0 Å². The zero-order valence-electron chi connectivity index (χ0n) is 18.8. The number of rotatable bonds is 6. The second kappa shape index (κ2) is 7.86. The number of carboxylic acids is 1. The van der Waals surface area contributed by atoms with Crippen LogP contribution in [0.5, 0.6) is 0 Å². The molecule has 176 valence electrons. The van der Waals surface area contributed by atoms with Crippen molar-refractivity contribution in [2.45, 2.75) is 49.6 Å². The van der Waals surface area contributed by atoms with Crippen molar-refractivity contribution >= 4 is 18.0 Å². The van der Waals surface area contributed by atoms with Gasteiger partial charge in [0.25, 0.3) is 0 Å². The fourth-order valence-corrected chi connectivity index (χ4v) is 6.25. The molecule has 0 heterocycles. The number of ether oxygens (including phenoxy) is 1. The largest absolute Gasteiger partial charge is 0.480 e. The zero-order valence-corrected chi connectivity index (χ0v) is 18.8. The number of carboxylic acid groups (broad SMARTS) is 1. The van der Waals surface area contributed by atoms with Crippen molar-refractivity contribution in [1.29, 1.82) is 0 Å². The molecule has 3 saturated carbocycles. The number of amides is 2. The molecular weight excluding hydrogens is 432 g/mol. The van der Waals surface area contributed by atoms with Crippen LogP contribution in [0.1, 0.15) is 49.1 Å². The lowest BCUT2D eigenvalue weighted by Crippen LogP contribution is -2.50. The molecule has 0 radical (unpaired) electrons. The first-order chi connectivity index (χ1) is 16.4. The fourth-order valence-electron chi connectivity index (χ4n) is 6.25. The van der Waals surface area contributed by atoms with Crippen LogP contribution in [0.15, 0.2) is 48.5 Å². The lowest BCUT2D eigenvalue weighted by Gasteiger charge is -2.40. The first kappa shape index (κ1) is 21.2. The van der Waals surface area contributed by atoms with E-state index in [1.807, 2.05) is 24.3 Å². The molecule has 1 unspecified atom stereocenters. The van der Waals surface area contributed by atoms with Crippen LogP contribution >= 0.6 is 0 Å². The molecule has 3 N–H and O–H groups in total. The third-order valence-corrected chi connectivity index (χ3v) is 8.36. The summed E-state index contributed by atoms with van der Waals surface area (Å²) in [7, 11) is 0. The molecule has 0 saturated heterocycles. The lowest BCUT2D eigenvalue weighted by atomic mass is 9.71. The molecule has 2 aromatic rings. The number of benzene rings is 2. The van der Waals surface area contributed by atoms with Gasteiger partial charge in [-0.05, 0) is 66.2 Å². The summed E-state index contributed by atoms with van der Waals surface area (Å²) in [4.78, 5) is 36.6.